The summed E-state index contributed by atoms with van der Waals surface area (Å²) in [4.78, 5) is 3.95. The van der Waals surface area contributed by atoms with Crippen LogP contribution in [0.1, 0.15) is 5.56 Å². The molecule has 0 fully saturated rings. The predicted octanol–water partition coefficient (Wildman–Crippen LogP) is 3.34. The molecule has 1 nitrogen and oxygen atoms in total. The van der Waals surface area contributed by atoms with E-state index in [9.17, 15) is 4.39 Å². The lowest BCUT2D eigenvalue weighted by Gasteiger charge is -2.02. The molecule has 0 atom stereocenters. The molecule has 0 amide bonds. The maximum Gasteiger partial charge on any atom is 0.136 e. The number of aromatic nitrogens is 1. The van der Waals surface area contributed by atoms with Crippen LogP contribution in [0.2, 0.25) is 5.15 Å². The van der Waals surface area contributed by atoms with E-state index in [1.165, 1.54) is 12.1 Å². The lowest BCUT2D eigenvalue weighted by atomic mass is 10.1. The Bertz CT molecular complexity index is 468. The average Bonchev–Trinajstić information content (AvgIpc) is 2.12. The minimum atomic E-state index is -0.290. The highest BCUT2D eigenvalue weighted by Crippen LogP contribution is 2.24. The van der Waals surface area contributed by atoms with Gasteiger partial charge in [0.1, 0.15) is 11.0 Å². The first-order valence-corrected chi connectivity index (χ1v) is 4.26. The second kappa shape index (κ2) is 2.96. The SMILES string of the molecule is Cc1cnc(Cl)c2cc(F)ccc12. The average molecular weight is 196 g/mol. The predicted molar refractivity (Wildman–Crippen MR) is 51.4 cm³/mol. The van der Waals surface area contributed by atoms with Crippen LogP contribution in [0.3, 0.4) is 0 Å². The molecule has 0 saturated carbocycles. The molecule has 2 aromatic rings. The fourth-order valence-electron chi connectivity index (χ4n) is 1.32. The van der Waals surface area contributed by atoms with Crippen molar-refractivity contribution in [2.45, 2.75) is 6.92 Å². The molecule has 0 aliphatic heterocycles. The highest BCUT2D eigenvalue weighted by atomic mass is 35.5. The first-order chi connectivity index (χ1) is 6.18. The fraction of sp³-hybridized carbons (Fsp3) is 0.100. The van der Waals surface area contributed by atoms with E-state index in [2.05, 4.69) is 4.98 Å². The summed E-state index contributed by atoms with van der Waals surface area (Å²) in [5.41, 5.74) is 0.999. The third kappa shape index (κ3) is 1.38. The zero-order chi connectivity index (χ0) is 9.42. The molecule has 1 aromatic carbocycles. The minimum absolute atomic E-state index is 0.290. The van der Waals surface area contributed by atoms with Gasteiger partial charge in [-0.2, -0.15) is 0 Å². The van der Waals surface area contributed by atoms with E-state index < -0.39 is 0 Å². The van der Waals surface area contributed by atoms with Crippen molar-refractivity contribution >= 4 is 22.4 Å². The van der Waals surface area contributed by atoms with Crippen LogP contribution in [0.5, 0.6) is 0 Å². The molecule has 13 heavy (non-hydrogen) atoms. The molecular weight excluding hydrogens is 189 g/mol. The number of hydrogen-bond donors (Lipinski definition) is 0. The molecule has 0 bridgehead atoms. The molecule has 0 spiro atoms. The summed E-state index contributed by atoms with van der Waals surface area (Å²) in [6.07, 6.45) is 1.68. The standard InChI is InChI=1S/C10H7ClFN/c1-6-5-13-10(11)9-4-7(12)2-3-8(6)9/h2-5H,1H3. The molecule has 1 aromatic heterocycles. The normalized spacial score (nSPS) is 10.7. The maximum atomic E-state index is 12.9. The van der Waals surface area contributed by atoms with Crippen molar-refractivity contribution in [1.29, 1.82) is 0 Å². The van der Waals surface area contributed by atoms with Crippen LogP contribution >= 0.6 is 11.6 Å². The van der Waals surface area contributed by atoms with Gasteiger partial charge in [0.25, 0.3) is 0 Å². The van der Waals surface area contributed by atoms with Gasteiger partial charge in [-0.05, 0) is 30.0 Å². The molecule has 0 radical (unpaired) electrons. The van der Waals surface area contributed by atoms with Gasteiger partial charge in [-0.15, -0.1) is 0 Å². The van der Waals surface area contributed by atoms with Crippen molar-refractivity contribution in [2.75, 3.05) is 0 Å². The number of rotatable bonds is 0. The Hall–Kier alpha value is -1.15. The van der Waals surface area contributed by atoms with Crippen LogP contribution in [0.25, 0.3) is 10.8 Å². The van der Waals surface area contributed by atoms with Crippen molar-refractivity contribution in [3.05, 3.63) is 40.9 Å². The zero-order valence-electron chi connectivity index (χ0n) is 7.01. The number of halogens is 2. The number of hydrogen-bond acceptors (Lipinski definition) is 1. The van der Waals surface area contributed by atoms with Crippen molar-refractivity contribution in [3.8, 4) is 0 Å². The van der Waals surface area contributed by atoms with Gasteiger partial charge in [0.15, 0.2) is 0 Å². The van der Waals surface area contributed by atoms with Gasteiger partial charge in [-0.25, -0.2) is 9.37 Å². The van der Waals surface area contributed by atoms with Gasteiger partial charge in [0.05, 0.1) is 0 Å². The van der Waals surface area contributed by atoms with Crippen LogP contribution in [0.15, 0.2) is 24.4 Å². The van der Waals surface area contributed by atoms with Crippen LogP contribution in [-0.4, -0.2) is 4.98 Å². The van der Waals surface area contributed by atoms with E-state index in [-0.39, 0.29) is 5.82 Å². The van der Waals surface area contributed by atoms with E-state index >= 15 is 0 Å². The summed E-state index contributed by atoms with van der Waals surface area (Å²) in [5.74, 6) is -0.290. The number of fused-ring (bicyclic) bond motifs is 1. The lowest BCUT2D eigenvalue weighted by Crippen LogP contribution is -1.84. The Morgan fingerprint density at radius 2 is 2.08 bits per heavy atom. The first kappa shape index (κ1) is 8.45. The summed E-state index contributed by atoms with van der Waals surface area (Å²) in [7, 11) is 0. The highest BCUT2D eigenvalue weighted by Gasteiger charge is 2.03. The molecule has 0 unspecified atom stereocenters. The number of benzene rings is 1. The van der Waals surface area contributed by atoms with E-state index in [4.69, 9.17) is 11.6 Å². The molecule has 3 heteroatoms. The quantitative estimate of drug-likeness (QED) is 0.588. The van der Waals surface area contributed by atoms with Gasteiger partial charge in [0.2, 0.25) is 0 Å². The monoisotopic (exact) mass is 195 g/mol. The van der Waals surface area contributed by atoms with Gasteiger partial charge >= 0.3 is 0 Å². The van der Waals surface area contributed by atoms with Gasteiger partial charge in [-0.3, -0.25) is 0 Å². The second-order valence-electron chi connectivity index (χ2n) is 2.92. The Kier molecular flexibility index (Phi) is 1.93. The number of aryl methyl sites for hydroxylation is 1. The minimum Gasteiger partial charge on any atom is -0.244 e. The van der Waals surface area contributed by atoms with Crippen LogP contribution in [0.4, 0.5) is 4.39 Å². The molecule has 0 N–H and O–H groups in total. The van der Waals surface area contributed by atoms with E-state index in [0.717, 1.165) is 10.9 Å². The van der Waals surface area contributed by atoms with Crippen molar-refractivity contribution in [1.82, 2.24) is 4.98 Å². The summed E-state index contributed by atoms with van der Waals surface area (Å²) in [5, 5.41) is 1.96. The van der Waals surface area contributed by atoms with Crippen LogP contribution in [0, 0.1) is 12.7 Å². The second-order valence-corrected chi connectivity index (χ2v) is 3.28. The Labute approximate surface area is 80.2 Å². The van der Waals surface area contributed by atoms with E-state index in [0.29, 0.717) is 10.5 Å². The van der Waals surface area contributed by atoms with Crippen LogP contribution < -0.4 is 0 Å². The smallest absolute Gasteiger partial charge is 0.136 e. The molecular formula is C10H7ClFN. The molecule has 66 valence electrons. The lowest BCUT2D eigenvalue weighted by molar-refractivity contribution is 0.629. The van der Waals surface area contributed by atoms with Gasteiger partial charge in [0, 0.05) is 11.6 Å². The molecule has 0 aliphatic rings. The zero-order valence-corrected chi connectivity index (χ0v) is 7.77. The van der Waals surface area contributed by atoms with E-state index in [1.807, 2.05) is 6.92 Å². The molecule has 0 aliphatic carbocycles. The number of nitrogens with zero attached hydrogens (tertiary/aromatic N) is 1. The van der Waals surface area contributed by atoms with Crippen LogP contribution in [-0.2, 0) is 0 Å². The van der Waals surface area contributed by atoms with Gasteiger partial charge in [-0.1, -0.05) is 17.7 Å². The summed E-state index contributed by atoms with van der Waals surface area (Å²) < 4.78 is 12.9. The van der Waals surface area contributed by atoms with Crippen molar-refractivity contribution < 1.29 is 4.39 Å². The molecule has 2 rings (SSSR count). The maximum absolute atomic E-state index is 12.9. The summed E-state index contributed by atoms with van der Waals surface area (Å²) in [6, 6.07) is 4.54. The van der Waals surface area contributed by atoms with Crippen molar-refractivity contribution in [2.24, 2.45) is 0 Å². The Morgan fingerprint density at radius 1 is 1.31 bits per heavy atom. The first-order valence-electron chi connectivity index (χ1n) is 3.89. The third-order valence-corrected chi connectivity index (χ3v) is 2.30. The third-order valence-electron chi connectivity index (χ3n) is 2.00. The summed E-state index contributed by atoms with van der Waals surface area (Å²) in [6.45, 7) is 1.92. The Balaban J connectivity index is 2.92. The Morgan fingerprint density at radius 3 is 2.85 bits per heavy atom. The summed E-state index contributed by atoms with van der Waals surface area (Å²) >= 11 is 5.82. The fourth-order valence-corrected chi connectivity index (χ4v) is 1.53. The van der Waals surface area contributed by atoms with Gasteiger partial charge < -0.3 is 0 Å². The highest BCUT2D eigenvalue weighted by molar-refractivity contribution is 6.34. The molecule has 0 saturated heterocycles. The van der Waals surface area contributed by atoms with Crippen molar-refractivity contribution in [3.63, 3.8) is 0 Å². The topological polar surface area (TPSA) is 12.9 Å². The van der Waals surface area contributed by atoms with E-state index in [1.54, 1.807) is 12.3 Å². The number of pyridine rings is 1. The molecule has 1 heterocycles. The largest absolute Gasteiger partial charge is 0.244 e.